The van der Waals surface area contributed by atoms with E-state index in [0.29, 0.717) is 12.8 Å². The molecule has 0 fully saturated rings. The second-order valence-electron chi connectivity index (χ2n) is 7.72. The fourth-order valence-corrected chi connectivity index (χ4v) is 3.39. The van der Waals surface area contributed by atoms with Crippen molar-refractivity contribution in [2.45, 2.75) is 38.0 Å². The van der Waals surface area contributed by atoms with Crippen molar-refractivity contribution in [2.24, 2.45) is 0 Å². The molecule has 6 nitrogen and oxygen atoms in total. The van der Waals surface area contributed by atoms with E-state index in [0.717, 1.165) is 23.0 Å². The summed E-state index contributed by atoms with van der Waals surface area (Å²) in [6.07, 6.45) is 1.43. The predicted octanol–water partition coefficient (Wildman–Crippen LogP) is 3.84. The number of alkyl carbamates (subject to hydrolysis) is 1. The fraction of sp³-hybridized carbons (Fsp3) is 0.222. The van der Waals surface area contributed by atoms with Crippen LogP contribution in [-0.4, -0.2) is 30.4 Å². The van der Waals surface area contributed by atoms with E-state index in [4.69, 9.17) is 4.74 Å². The van der Waals surface area contributed by atoms with Gasteiger partial charge in [0.25, 0.3) is 0 Å². The number of hydrogen-bond donors (Lipinski definition) is 2. The van der Waals surface area contributed by atoms with Gasteiger partial charge in [-0.3, -0.25) is 4.79 Å². The van der Waals surface area contributed by atoms with Gasteiger partial charge in [0, 0.05) is 6.42 Å². The van der Waals surface area contributed by atoms with Gasteiger partial charge in [-0.25, -0.2) is 4.79 Å². The largest absolute Gasteiger partial charge is 0.445 e. The maximum absolute atomic E-state index is 13.0. The molecule has 3 rings (SSSR count). The molecule has 0 aliphatic rings. The summed E-state index contributed by atoms with van der Waals surface area (Å²) in [5, 5.41) is 5.41. The van der Waals surface area contributed by atoms with Crippen molar-refractivity contribution in [1.82, 2.24) is 10.6 Å². The Morgan fingerprint density at radius 1 is 0.758 bits per heavy atom. The first-order valence-corrected chi connectivity index (χ1v) is 10.9. The highest BCUT2D eigenvalue weighted by Gasteiger charge is 2.24. The average Bonchev–Trinajstić information content (AvgIpc) is 2.86. The molecule has 0 unspecified atom stereocenters. The average molecular weight is 445 g/mol. The summed E-state index contributed by atoms with van der Waals surface area (Å²) in [5.41, 5.74) is 2.81. The van der Waals surface area contributed by atoms with Gasteiger partial charge in [0.05, 0.1) is 6.04 Å². The van der Waals surface area contributed by atoms with Crippen molar-refractivity contribution < 1.29 is 19.1 Å². The highest BCUT2D eigenvalue weighted by molar-refractivity contribution is 5.87. The zero-order valence-corrected chi connectivity index (χ0v) is 18.4. The summed E-state index contributed by atoms with van der Waals surface area (Å²) in [4.78, 5) is 37.0. The Bertz CT molecular complexity index is 1010. The van der Waals surface area contributed by atoms with Gasteiger partial charge in [-0.05, 0) is 29.5 Å². The molecule has 0 heterocycles. The lowest BCUT2D eigenvalue weighted by atomic mass is 10.0. The van der Waals surface area contributed by atoms with Crippen LogP contribution in [0.3, 0.4) is 0 Å². The molecule has 2 amide bonds. The fourth-order valence-electron chi connectivity index (χ4n) is 3.39. The molecule has 33 heavy (non-hydrogen) atoms. The van der Waals surface area contributed by atoms with Crippen LogP contribution in [0, 0.1) is 0 Å². The number of benzene rings is 3. The van der Waals surface area contributed by atoms with Crippen LogP contribution in [0.5, 0.6) is 0 Å². The van der Waals surface area contributed by atoms with E-state index in [1.165, 1.54) is 0 Å². The minimum atomic E-state index is -0.880. The Labute approximate surface area is 194 Å². The van der Waals surface area contributed by atoms with Gasteiger partial charge in [-0.2, -0.15) is 0 Å². The Hall–Kier alpha value is -3.93. The molecule has 0 spiro atoms. The molecule has 0 aliphatic heterocycles. The minimum Gasteiger partial charge on any atom is -0.445 e. The third kappa shape index (κ3) is 8.26. The maximum Gasteiger partial charge on any atom is 0.408 e. The van der Waals surface area contributed by atoms with Gasteiger partial charge < -0.3 is 20.2 Å². The van der Waals surface area contributed by atoms with Crippen LogP contribution in [-0.2, 0) is 33.8 Å². The lowest BCUT2D eigenvalue weighted by Crippen LogP contribution is -2.51. The normalized spacial score (nSPS) is 12.2. The Kier molecular flexibility index (Phi) is 9.21. The molecule has 0 bridgehead atoms. The summed E-state index contributed by atoms with van der Waals surface area (Å²) in [6.45, 7) is 0.0976. The molecule has 3 aromatic rings. The van der Waals surface area contributed by atoms with Crippen LogP contribution in [0.4, 0.5) is 4.79 Å². The molecule has 0 aliphatic carbocycles. The molecular formula is C27H28N2O4. The summed E-state index contributed by atoms with van der Waals surface area (Å²) < 4.78 is 5.28. The highest BCUT2D eigenvalue weighted by atomic mass is 16.5. The van der Waals surface area contributed by atoms with Crippen LogP contribution in [0.1, 0.15) is 23.1 Å². The van der Waals surface area contributed by atoms with Crippen molar-refractivity contribution in [2.75, 3.05) is 0 Å². The second-order valence-corrected chi connectivity index (χ2v) is 7.72. The lowest BCUT2D eigenvalue weighted by Gasteiger charge is -2.21. The SMILES string of the molecule is O=C[C@H](CCc1ccccc1)NC(=O)[C@H](Cc1ccccc1)NC(=O)OCc1ccccc1. The van der Waals surface area contributed by atoms with Crippen molar-refractivity contribution >= 4 is 18.3 Å². The van der Waals surface area contributed by atoms with Crippen molar-refractivity contribution in [3.63, 3.8) is 0 Å². The van der Waals surface area contributed by atoms with E-state index in [1.54, 1.807) is 0 Å². The third-order valence-corrected chi connectivity index (χ3v) is 5.18. The summed E-state index contributed by atoms with van der Waals surface area (Å²) >= 11 is 0. The molecule has 3 aromatic carbocycles. The number of rotatable bonds is 11. The molecule has 2 atom stereocenters. The van der Waals surface area contributed by atoms with Gasteiger partial charge in [-0.1, -0.05) is 91.0 Å². The minimum absolute atomic E-state index is 0.0976. The lowest BCUT2D eigenvalue weighted by molar-refractivity contribution is -0.125. The monoisotopic (exact) mass is 444 g/mol. The van der Waals surface area contributed by atoms with Crippen molar-refractivity contribution in [3.8, 4) is 0 Å². The number of aldehydes is 1. The smallest absolute Gasteiger partial charge is 0.408 e. The topological polar surface area (TPSA) is 84.5 Å². The second kappa shape index (κ2) is 12.8. The number of nitrogens with one attached hydrogen (secondary N) is 2. The van der Waals surface area contributed by atoms with E-state index in [1.807, 2.05) is 91.0 Å². The quantitative estimate of drug-likeness (QED) is 0.440. The first-order chi connectivity index (χ1) is 16.1. The van der Waals surface area contributed by atoms with E-state index in [2.05, 4.69) is 10.6 Å². The Morgan fingerprint density at radius 3 is 1.88 bits per heavy atom. The van der Waals surface area contributed by atoms with Crippen LogP contribution < -0.4 is 10.6 Å². The predicted molar refractivity (Wildman–Crippen MR) is 126 cm³/mol. The number of carbonyl (C=O) groups excluding carboxylic acids is 3. The first kappa shape index (κ1) is 23.7. The highest BCUT2D eigenvalue weighted by Crippen LogP contribution is 2.08. The molecule has 2 N–H and O–H groups in total. The first-order valence-electron chi connectivity index (χ1n) is 10.9. The number of ether oxygens (including phenoxy) is 1. The van der Waals surface area contributed by atoms with Gasteiger partial charge in [0.15, 0.2) is 0 Å². The molecule has 0 aromatic heterocycles. The Balaban J connectivity index is 1.60. The number of amides is 2. The molecular weight excluding hydrogens is 416 g/mol. The summed E-state index contributed by atoms with van der Waals surface area (Å²) in [7, 11) is 0. The van der Waals surface area contributed by atoms with Gasteiger partial charge in [0.1, 0.15) is 18.9 Å². The van der Waals surface area contributed by atoms with Gasteiger partial charge in [-0.15, -0.1) is 0 Å². The zero-order chi connectivity index (χ0) is 23.3. The summed E-state index contributed by atoms with van der Waals surface area (Å²) in [6, 6.07) is 26.9. The Morgan fingerprint density at radius 2 is 1.30 bits per heavy atom. The van der Waals surface area contributed by atoms with E-state index >= 15 is 0 Å². The maximum atomic E-state index is 13.0. The molecule has 0 radical (unpaired) electrons. The number of aryl methyl sites for hydroxylation is 1. The van der Waals surface area contributed by atoms with E-state index in [9.17, 15) is 14.4 Å². The van der Waals surface area contributed by atoms with Gasteiger partial charge in [0.2, 0.25) is 5.91 Å². The standard InChI is InChI=1S/C27H28N2O4/c30-19-24(17-16-21-10-4-1-5-11-21)28-26(31)25(18-22-12-6-2-7-13-22)29-27(32)33-20-23-14-8-3-9-15-23/h1-15,19,24-25H,16-18,20H2,(H,28,31)(H,29,32)/t24-,25-/m0/s1. The van der Waals surface area contributed by atoms with Crippen molar-refractivity contribution in [3.05, 3.63) is 108 Å². The van der Waals surface area contributed by atoms with Crippen LogP contribution in [0.25, 0.3) is 0 Å². The molecule has 0 saturated heterocycles. The van der Waals surface area contributed by atoms with Crippen LogP contribution in [0.15, 0.2) is 91.0 Å². The third-order valence-electron chi connectivity index (χ3n) is 5.18. The van der Waals surface area contributed by atoms with Crippen LogP contribution in [0.2, 0.25) is 0 Å². The van der Waals surface area contributed by atoms with E-state index < -0.39 is 24.1 Å². The number of carbonyl (C=O) groups is 3. The van der Waals surface area contributed by atoms with Crippen molar-refractivity contribution in [1.29, 1.82) is 0 Å². The van der Waals surface area contributed by atoms with Crippen LogP contribution >= 0.6 is 0 Å². The number of hydrogen-bond acceptors (Lipinski definition) is 4. The summed E-state index contributed by atoms with van der Waals surface area (Å²) in [5.74, 6) is -0.430. The molecule has 0 saturated carbocycles. The van der Waals surface area contributed by atoms with Gasteiger partial charge >= 0.3 is 6.09 Å². The van der Waals surface area contributed by atoms with E-state index in [-0.39, 0.29) is 13.0 Å². The molecule has 170 valence electrons. The zero-order valence-electron chi connectivity index (χ0n) is 18.4. The molecule has 6 heteroatoms.